The van der Waals surface area contributed by atoms with Gasteiger partial charge in [0.2, 0.25) is 0 Å². The zero-order chi connectivity index (χ0) is 19.7. The van der Waals surface area contributed by atoms with Gasteiger partial charge in [-0.05, 0) is 49.7 Å². The van der Waals surface area contributed by atoms with Gasteiger partial charge in [0.05, 0.1) is 36.8 Å². The lowest BCUT2D eigenvalue weighted by atomic mass is 10.1. The monoisotopic (exact) mass is 381 g/mol. The van der Waals surface area contributed by atoms with E-state index in [9.17, 15) is 9.90 Å². The number of aromatic nitrogens is 4. The van der Waals surface area contributed by atoms with Gasteiger partial charge in [0.1, 0.15) is 11.4 Å². The van der Waals surface area contributed by atoms with Gasteiger partial charge < -0.3 is 14.7 Å². The molecule has 4 rings (SSSR count). The number of nitrogens with one attached hydrogen (secondary N) is 1. The van der Waals surface area contributed by atoms with Crippen molar-refractivity contribution in [3.8, 4) is 17.0 Å². The van der Waals surface area contributed by atoms with E-state index < -0.39 is 6.10 Å². The number of aliphatic hydroxyl groups is 1. The minimum absolute atomic E-state index is 0.0968. The normalized spacial score (nSPS) is 15.0. The summed E-state index contributed by atoms with van der Waals surface area (Å²) in [5, 5.41) is 21.3. The minimum Gasteiger partial charge on any atom is -0.497 e. The Hall–Kier alpha value is -3.13. The van der Waals surface area contributed by atoms with Crippen LogP contribution in [0.25, 0.3) is 11.3 Å². The third-order valence-corrected chi connectivity index (χ3v) is 4.94. The number of benzene rings is 1. The second-order valence-electron chi connectivity index (χ2n) is 6.94. The van der Waals surface area contributed by atoms with Crippen molar-refractivity contribution in [2.75, 3.05) is 13.7 Å². The number of carbonyl (C=O) groups excluding carboxylic acids is 1. The molecule has 0 saturated carbocycles. The topological polar surface area (TPSA) is 96.3 Å². The quantitative estimate of drug-likeness (QED) is 0.723. The number of aryl methyl sites for hydroxylation is 1. The number of aromatic amines is 1. The Labute approximate surface area is 162 Å². The third kappa shape index (κ3) is 3.50. The van der Waals surface area contributed by atoms with Crippen molar-refractivity contribution < 1.29 is 14.6 Å². The Morgan fingerprint density at radius 3 is 2.75 bits per heavy atom. The first-order valence-corrected chi connectivity index (χ1v) is 9.29. The molecule has 146 valence electrons. The fraction of sp³-hybridized carbons (Fsp3) is 0.350. The molecule has 0 spiro atoms. The van der Waals surface area contributed by atoms with Crippen LogP contribution in [0.3, 0.4) is 0 Å². The molecule has 1 atom stereocenters. The molecule has 1 amide bonds. The molecule has 1 aromatic carbocycles. The Balaban J connectivity index is 1.53. The molecule has 3 heterocycles. The second-order valence-corrected chi connectivity index (χ2v) is 6.94. The minimum atomic E-state index is -0.622. The highest BCUT2D eigenvalue weighted by molar-refractivity contribution is 5.93. The predicted molar refractivity (Wildman–Crippen MR) is 103 cm³/mol. The van der Waals surface area contributed by atoms with E-state index in [0.717, 1.165) is 30.0 Å². The Morgan fingerprint density at radius 2 is 2.04 bits per heavy atom. The van der Waals surface area contributed by atoms with Crippen LogP contribution in [0.4, 0.5) is 0 Å². The van der Waals surface area contributed by atoms with E-state index in [1.807, 2.05) is 35.0 Å². The van der Waals surface area contributed by atoms with Crippen LogP contribution >= 0.6 is 0 Å². The molecule has 1 unspecified atom stereocenters. The molecule has 1 aliphatic rings. The number of nitrogens with zero attached hydrogens (tertiary/aromatic N) is 4. The SMILES string of the molecule is COc1ccc(-c2cc(C(=O)N3CCCn4nc(C(C)O)cc4C3)[nH]n2)cc1. The fourth-order valence-electron chi connectivity index (χ4n) is 3.37. The molecule has 3 aromatic rings. The van der Waals surface area contributed by atoms with Crippen LogP contribution in [-0.4, -0.2) is 49.5 Å². The standard InChI is InChI=1S/C20H23N5O3/c1-13(26)17-10-15-12-24(8-3-9-25(15)23-17)20(27)19-11-18(21-22-19)14-4-6-16(28-2)7-5-14/h4-7,10-11,13,26H,3,8-9,12H2,1-2H3,(H,21,22). The van der Waals surface area contributed by atoms with Gasteiger partial charge in [-0.3, -0.25) is 14.6 Å². The van der Waals surface area contributed by atoms with Gasteiger partial charge in [-0.25, -0.2) is 0 Å². The zero-order valence-corrected chi connectivity index (χ0v) is 15.9. The average molecular weight is 381 g/mol. The fourth-order valence-corrected chi connectivity index (χ4v) is 3.37. The molecule has 0 bridgehead atoms. The molecule has 8 heteroatoms. The van der Waals surface area contributed by atoms with Crippen LogP contribution in [0.5, 0.6) is 5.75 Å². The first kappa shape index (κ1) is 18.2. The summed E-state index contributed by atoms with van der Waals surface area (Å²) in [5.41, 5.74) is 3.63. The molecule has 0 saturated heterocycles. The molecule has 0 aliphatic carbocycles. The maximum absolute atomic E-state index is 13.0. The summed E-state index contributed by atoms with van der Waals surface area (Å²) in [6.45, 7) is 3.51. The summed E-state index contributed by atoms with van der Waals surface area (Å²) in [6.07, 6.45) is 0.183. The lowest BCUT2D eigenvalue weighted by Gasteiger charge is -2.18. The van der Waals surface area contributed by atoms with Crippen molar-refractivity contribution in [1.82, 2.24) is 24.9 Å². The predicted octanol–water partition coefficient (Wildman–Crippen LogP) is 2.38. The molecular formula is C20H23N5O3. The highest BCUT2D eigenvalue weighted by atomic mass is 16.5. The summed E-state index contributed by atoms with van der Waals surface area (Å²) in [6, 6.07) is 11.2. The Bertz CT molecular complexity index is 974. The van der Waals surface area contributed by atoms with Crippen molar-refractivity contribution in [3.63, 3.8) is 0 Å². The highest BCUT2D eigenvalue weighted by Gasteiger charge is 2.24. The lowest BCUT2D eigenvalue weighted by Crippen LogP contribution is -2.31. The highest BCUT2D eigenvalue weighted by Crippen LogP contribution is 2.23. The van der Waals surface area contributed by atoms with Crippen molar-refractivity contribution in [3.05, 3.63) is 53.5 Å². The van der Waals surface area contributed by atoms with Crippen molar-refractivity contribution >= 4 is 5.91 Å². The van der Waals surface area contributed by atoms with Gasteiger partial charge in [-0.15, -0.1) is 0 Å². The van der Waals surface area contributed by atoms with Gasteiger partial charge in [0, 0.05) is 18.7 Å². The molecule has 0 fully saturated rings. The van der Waals surface area contributed by atoms with Crippen LogP contribution in [0, 0.1) is 0 Å². The van der Waals surface area contributed by atoms with Crippen LogP contribution in [0.2, 0.25) is 0 Å². The summed E-state index contributed by atoms with van der Waals surface area (Å²) >= 11 is 0. The van der Waals surface area contributed by atoms with Gasteiger partial charge in [0.25, 0.3) is 5.91 Å². The van der Waals surface area contributed by atoms with Crippen LogP contribution in [0.15, 0.2) is 36.4 Å². The van der Waals surface area contributed by atoms with Crippen molar-refractivity contribution in [2.45, 2.75) is 32.5 Å². The molecule has 0 radical (unpaired) electrons. The summed E-state index contributed by atoms with van der Waals surface area (Å²) in [5.74, 6) is 0.675. The van der Waals surface area contributed by atoms with Gasteiger partial charge in [-0.2, -0.15) is 10.2 Å². The third-order valence-electron chi connectivity index (χ3n) is 4.94. The van der Waals surface area contributed by atoms with Gasteiger partial charge in [-0.1, -0.05) is 0 Å². The van der Waals surface area contributed by atoms with E-state index in [1.165, 1.54) is 0 Å². The maximum Gasteiger partial charge on any atom is 0.272 e. The summed E-state index contributed by atoms with van der Waals surface area (Å²) in [7, 11) is 1.62. The first-order chi connectivity index (χ1) is 13.5. The number of fused-ring (bicyclic) bond motifs is 1. The summed E-state index contributed by atoms with van der Waals surface area (Å²) in [4.78, 5) is 14.8. The number of hydrogen-bond acceptors (Lipinski definition) is 5. The molecule has 2 N–H and O–H groups in total. The van der Waals surface area contributed by atoms with E-state index in [2.05, 4.69) is 15.3 Å². The number of carbonyl (C=O) groups is 1. The van der Waals surface area contributed by atoms with E-state index in [4.69, 9.17) is 4.74 Å². The number of H-pyrrole nitrogens is 1. The van der Waals surface area contributed by atoms with E-state index in [-0.39, 0.29) is 5.91 Å². The number of amides is 1. The molecular weight excluding hydrogens is 358 g/mol. The van der Waals surface area contributed by atoms with Crippen LogP contribution in [-0.2, 0) is 13.1 Å². The lowest BCUT2D eigenvalue weighted by molar-refractivity contribution is 0.0739. The maximum atomic E-state index is 13.0. The first-order valence-electron chi connectivity index (χ1n) is 9.29. The van der Waals surface area contributed by atoms with E-state index in [0.29, 0.717) is 30.2 Å². The van der Waals surface area contributed by atoms with Crippen molar-refractivity contribution in [1.29, 1.82) is 0 Å². The van der Waals surface area contributed by atoms with E-state index in [1.54, 1.807) is 25.0 Å². The Morgan fingerprint density at radius 1 is 1.25 bits per heavy atom. The van der Waals surface area contributed by atoms with Gasteiger partial charge in [0.15, 0.2) is 0 Å². The second kappa shape index (κ2) is 7.47. The van der Waals surface area contributed by atoms with Crippen LogP contribution in [0.1, 0.15) is 41.3 Å². The molecule has 8 nitrogen and oxygen atoms in total. The largest absolute Gasteiger partial charge is 0.497 e. The van der Waals surface area contributed by atoms with Crippen LogP contribution < -0.4 is 4.74 Å². The Kier molecular flexibility index (Phi) is 4.87. The zero-order valence-electron chi connectivity index (χ0n) is 15.9. The number of aliphatic hydroxyl groups excluding tert-OH is 1. The number of ether oxygens (including phenoxy) is 1. The summed E-state index contributed by atoms with van der Waals surface area (Å²) < 4.78 is 7.05. The smallest absolute Gasteiger partial charge is 0.272 e. The average Bonchev–Trinajstić information content (AvgIpc) is 3.30. The number of rotatable bonds is 4. The molecule has 1 aliphatic heterocycles. The van der Waals surface area contributed by atoms with E-state index >= 15 is 0 Å². The van der Waals surface area contributed by atoms with Crippen molar-refractivity contribution in [2.24, 2.45) is 0 Å². The van der Waals surface area contributed by atoms with Gasteiger partial charge >= 0.3 is 0 Å². The number of methoxy groups -OCH3 is 1. The molecule has 2 aromatic heterocycles. The number of hydrogen-bond donors (Lipinski definition) is 2. The molecule has 28 heavy (non-hydrogen) atoms.